The van der Waals surface area contributed by atoms with Crippen LogP contribution in [0.5, 0.6) is 5.75 Å². The summed E-state index contributed by atoms with van der Waals surface area (Å²) < 4.78 is 5.55. The molecule has 1 aromatic carbocycles. The molecule has 20 heavy (non-hydrogen) atoms. The van der Waals surface area contributed by atoms with E-state index < -0.39 is 0 Å². The van der Waals surface area contributed by atoms with E-state index >= 15 is 0 Å². The first-order valence-electron chi connectivity index (χ1n) is 7.50. The molecule has 0 amide bonds. The fourth-order valence-corrected chi connectivity index (χ4v) is 2.94. The summed E-state index contributed by atoms with van der Waals surface area (Å²) in [7, 11) is 1.72. The Labute approximate surface area is 121 Å². The van der Waals surface area contributed by atoms with Crippen LogP contribution in [0.4, 0.5) is 5.69 Å². The van der Waals surface area contributed by atoms with Gasteiger partial charge in [0, 0.05) is 30.4 Å². The molecule has 1 heterocycles. The first-order valence-corrected chi connectivity index (χ1v) is 7.50. The molecule has 4 heteroatoms. The molecule has 1 aromatic rings. The van der Waals surface area contributed by atoms with Gasteiger partial charge in [0.25, 0.3) is 0 Å². The van der Waals surface area contributed by atoms with Crippen LogP contribution in [0.2, 0.25) is 0 Å². The van der Waals surface area contributed by atoms with Crippen molar-refractivity contribution in [1.82, 2.24) is 5.32 Å². The van der Waals surface area contributed by atoms with E-state index in [0.29, 0.717) is 0 Å². The van der Waals surface area contributed by atoms with E-state index in [0.717, 1.165) is 38.2 Å². The quantitative estimate of drug-likeness (QED) is 0.867. The van der Waals surface area contributed by atoms with Crippen LogP contribution in [0.15, 0.2) is 18.2 Å². The van der Waals surface area contributed by atoms with Crippen LogP contribution >= 0.6 is 0 Å². The maximum absolute atomic E-state index is 9.67. The van der Waals surface area contributed by atoms with E-state index in [1.165, 1.54) is 11.3 Å². The number of benzene rings is 1. The summed E-state index contributed by atoms with van der Waals surface area (Å²) in [5.41, 5.74) is 2.44. The zero-order valence-electron chi connectivity index (χ0n) is 12.7. The molecule has 0 radical (unpaired) electrons. The van der Waals surface area contributed by atoms with Crippen LogP contribution in [0.25, 0.3) is 0 Å². The lowest BCUT2D eigenvalue weighted by atomic mass is 10.0. The molecule has 0 aliphatic carbocycles. The molecule has 1 aliphatic rings. The predicted molar refractivity (Wildman–Crippen MR) is 82.5 cm³/mol. The third-order valence-corrected chi connectivity index (χ3v) is 4.01. The lowest BCUT2D eigenvalue weighted by molar-refractivity contribution is 0.145. The summed E-state index contributed by atoms with van der Waals surface area (Å²) in [6, 6.07) is 6.47. The summed E-state index contributed by atoms with van der Waals surface area (Å²) in [5.74, 6) is 0.932. The normalized spacial score (nSPS) is 18.1. The van der Waals surface area contributed by atoms with Gasteiger partial charge in [-0.05, 0) is 38.4 Å². The molecule has 0 saturated carbocycles. The van der Waals surface area contributed by atoms with Gasteiger partial charge in [-0.15, -0.1) is 0 Å². The number of aliphatic hydroxyl groups is 1. The second-order valence-corrected chi connectivity index (χ2v) is 5.39. The number of anilines is 1. The number of rotatable bonds is 5. The Kier molecular flexibility index (Phi) is 5.26. The maximum Gasteiger partial charge on any atom is 0.125 e. The van der Waals surface area contributed by atoms with Crippen molar-refractivity contribution >= 4 is 5.69 Å². The van der Waals surface area contributed by atoms with E-state index in [1.807, 2.05) is 12.1 Å². The topological polar surface area (TPSA) is 44.7 Å². The first kappa shape index (κ1) is 15.1. The van der Waals surface area contributed by atoms with Gasteiger partial charge >= 0.3 is 0 Å². The number of piperidine rings is 1. The van der Waals surface area contributed by atoms with Crippen LogP contribution < -0.4 is 15.0 Å². The minimum Gasteiger partial charge on any atom is -0.496 e. The van der Waals surface area contributed by atoms with Crippen molar-refractivity contribution in [3.05, 3.63) is 23.8 Å². The molecule has 1 saturated heterocycles. The molecule has 0 bridgehead atoms. The number of ether oxygens (including phenoxy) is 1. The van der Waals surface area contributed by atoms with Gasteiger partial charge in [-0.2, -0.15) is 0 Å². The molecule has 1 aliphatic heterocycles. The van der Waals surface area contributed by atoms with E-state index in [1.54, 1.807) is 7.11 Å². The molecule has 2 rings (SSSR count). The maximum atomic E-state index is 9.67. The number of aliphatic hydroxyl groups excluding tert-OH is 1. The Bertz CT molecular complexity index is 428. The van der Waals surface area contributed by atoms with E-state index in [4.69, 9.17) is 4.74 Å². The fourth-order valence-electron chi connectivity index (χ4n) is 2.94. The van der Waals surface area contributed by atoms with Crippen LogP contribution in [-0.2, 0) is 0 Å². The van der Waals surface area contributed by atoms with Crippen LogP contribution in [0.3, 0.4) is 0 Å². The third kappa shape index (κ3) is 3.25. The van der Waals surface area contributed by atoms with Gasteiger partial charge in [-0.3, -0.25) is 0 Å². The molecule has 0 aromatic heterocycles. The van der Waals surface area contributed by atoms with E-state index in [-0.39, 0.29) is 12.1 Å². The summed E-state index contributed by atoms with van der Waals surface area (Å²) in [6.07, 6.45) is 1.53. The molecule has 1 atom stereocenters. The highest BCUT2D eigenvalue weighted by Crippen LogP contribution is 2.35. The van der Waals surface area contributed by atoms with Gasteiger partial charge in [0.2, 0.25) is 0 Å². The average molecular weight is 278 g/mol. The van der Waals surface area contributed by atoms with Crippen molar-refractivity contribution in [3.63, 3.8) is 0 Å². The average Bonchev–Trinajstić information content (AvgIpc) is 2.47. The SMILES string of the molecule is CCNC(C)c1c(OC)cccc1N1CCC(O)CC1. The van der Waals surface area contributed by atoms with Gasteiger partial charge in [0.15, 0.2) is 0 Å². The molecular weight excluding hydrogens is 252 g/mol. The van der Waals surface area contributed by atoms with Crippen molar-refractivity contribution in [2.45, 2.75) is 38.8 Å². The van der Waals surface area contributed by atoms with Crippen molar-refractivity contribution in [2.24, 2.45) is 0 Å². The number of nitrogens with one attached hydrogen (secondary N) is 1. The Morgan fingerprint density at radius 3 is 2.70 bits per heavy atom. The molecule has 1 unspecified atom stereocenters. The third-order valence-electron chi connectivity index (χ3n) is 4.01. The molecular formula is C16H26N2O2. The summed E-state index contributed by atoms with van der Waals surface area (Å²) in [4.78, 5) is 2.36. The minimum atomic E-state index is -0.147. The van der Waals surface area contributed by atoms with Gasteiger partial charge in [-0.25, -0.2) is 0 Å². The van der Waals surface area contributed by atoms with E-state index in [9.17, 15) is 5.11 Å². The van der Waals surface area contributed by atoms with Crippen LogP contribution in [0.1, 0.15) is 38.3 Å². The summed E-state index contributed by atoms with van der Waals surface area (Å²) in [5, 5.41) is 13.1. The zero-order valence-corrected chi connectivity index (χ0v) is 12.7. The predicted octanol–water partition coefficient (Wildman–Crippen LogP) is 2.33. The number of methoxy groups -OCH3 is 1. The highest BCUT2D eigenvalue weighted by atomic mass is 16.5. The minimum absolute atomic E-state index is 0.147. The van der Waals surface area contributed by atoms with Gasteiger partial charge < -0.3 is 20.1 Å². The van der Waals surface area contributed by atoms with Crippen molar-refractivity contribution in [3.8, 4) is 5.75 Å². The smallest absolute Gasteiger partial charge is 0.125 e. The van der Waals surface area contributed by atoms with Crippen molar-refractivity contribution in [1.29, 1.82) is 0 Å². The number of hydrogen-bond acceptors (Lipinski definition) is 4. The van der Waals surface area contributed by atoms with Gasteiger partial charge in [0.1, 0.15) is 5.75 Å². The molecule has 2 N–H and O–H groups in total. The second-order valence-electron chi connectivity index (χ2n) is 5.39. The largest absolute Gasteiger partial charge is 0.496 e. The molecule has 1 fully saturated rings. The lowest BCUT2D eigenvalue weighted by Crippen LogP contribution is -2.37. The highest BCUT2D eigenvalue weighted by Gasteiger charge is 2.23. The molecule has 4 nitrogen and oxygen atoms in total. The van der Waals surface area contributed by atoms with E-state index in [2.05, 4.69) is 30.1 Å². The molecule has 0 spiro atoms. The zero-order chi connectivity index (χ0) is 14.5. The Morgan fingerprint density at radius 2 is 2.10 bits per heavy atom. The second kappa shape index (κ2) is 6.95. The fraction of sp³-hybridized carbons (Fsp3) is 0.625. The van der Waals surface area contributed by atoms with Gasteiger partial charge in [0.05, 0.1) is 13.2 Å². The van der Waals surface area contributed by atoms with Gasteiger partial charge in [-0.1, -0.05) is 13.0 Å². The van der Waals surface area contributed by atoms with Crippen molar-refractivity contribution in [2.75, 3.05) is 31.6 Å². The monoisotopic (exact) mass is 278 g/mol. The Balaban J connectivity index is 2.31. The summed E-state index contributed by atoms with van der Waals surface area (Å²) >= 11 is 0. The lowest BCUT2D eigenvalue weighted by Gasteiger charge is -2.34. The van der Waals surface area contributed by atoms with Crippen LogP contribution in [-0.4, -0.2) is 38.0 Å². The number of hydrogen-bond donors (Lipinski definition) is 2. The Hall–Kier alpha value is -1.26. The standard InChI is InChI=1S/C16H26N2O2/c1-4-17-12(2)16-14(6-5-7-15(16)20-3)18-10-8-13(19)9-11-18/h5-7,12-13,17,19H,4,8-11H2,1-3H3. The first-order chi connectivity index (χ1) is 9.67. The Morgan fingerprint density at radius 1 is 1.40 bits per heavy atom. The van der Waals surface area contributed by atoms with Crippen molar-refractivity contribution < 1.29 is 9.84 Å². The summed E-state index contributed by atoms with van der Waals surface area (Å²) in [6.45, 7) is 7.02. The highest BCUT2D eigenvalue weighted by molar-refractivity contribution is 5.61. The molecule has 112 valence electrons. The number of nitrogens with zero attached hydrogens (tertiary/aromatic N) is 1. The van der Waals surface area contributed by atoms with Crippen LogP contribution in [0, 0.1) is 0 Å².